The predicted molar refractivity (Wildman–Crippen MR) is 53.6 cm³/mol. The second kappa shape index (κ2) is 4.22. The third kappa shape index (κ3) is 2.04. The molecular weight excluding hydrogens is 216 g/mol. The van der Waals surface area contributed by atoms with Gasteiger partial charge >= 0.3 is 5.97 Å². The molecule has 2 heterocycles. The van der Waals surface area contributed by atoms with Gasteiger partial charge in [-0.3, -0.25) is 0 Å². The SMILES string of the molecule is CCOC(=O)c1csc(-c2cnco2)n1. The number of carbonyl (C=O) groups excluding carboxylic acids is 1. The molecule has 0 unspecified atom stereocenters. The molecule has 0 amide bonds. The Bertz CT molecular complexity index is 450. The molecule has 78 valence electrons. The molecule has 5 nitrogen and oxygen atoms in total. The maximum atomic E-state index is 11.3. The summed E-state index contributed by atoms with van der Waals surface area (Å²) in [5.74, 6) is 0.134. The van der Waals surface area contributed by atoms with Gasteiger partial charge in [-0.2, -0.15) is 0 Å². The van der Waals surface area contributed by atoms with Crippen LogP contribution in [0.4, 0.5) is 0 Å². The number of hydrogen-bond acceptors (Lipinski definition) is 6. The lowest BCUT2D eigenvalue weighted by molar-refractivity contribution is 0.0520. The van der Waals surface area contributed by atoms with Crippen molar-refractivity contribution in [1.82, 2.24) is 9.97 Å². The molecule has 0 aliphatic rings. The first kappa shape index (κ1) is 9.85. The third-order valence-corrected chi connectivity index (χ3v) is 2.49. The van der Waals surface area contributed by atoms with Crippen LogP contribution in [0.2, 0.25) is 0 Å². The molecule has 0 radical (unpaired) electrons. The van der Waals surface area contributed by atoms with Gasteiger partial charge in [0.15, 0.2) is 22.9 Å². The zero-order valence-electron chi connectivity index (χ0n) is 7.97. The summed E-state index contributed by atoms with van der Waals surface area (Å²) in [6, 6.07) is 0. The van der Waals surface area contributed by atoms with Gasteiger partial charge in [-0.15, -0.1) is 11.3 Å². The van der Waals surface area contributed by atoms with Crippen molar-refractivity contribution in [2.45, 2.75) is 6.92 Å². The van der Waals surface area contributed by atoms with Crippen LogP contribution in [0.5, 0.6) is 0 Å². The zero-order valence-corrected chi connectivity index (χ0v) is 8.78. The predicted octanol–water partition coefficient (Wildman–Crippen LogP) is 1.97. The Morgan fingerprint density at radius 2 is 2.53 bits per heavy atom. The van der Waals surface area contributed by atoms with Crippen molar-refractivity contribution in [3.63, 3.8) is 0 Å². The molecular formula is C9H8N2O3S. The van der Waals surface area contributed by atoms with Gasteiger partial charge in [0.2, 0.25) is 0 Å². The van der Waals surface area contributed by atoms with E-state index in [9.17, 15) is 4.79 Å². The average Bonchev–Trinajstić information content (AvgIpc) is 2.89. The molecule has 2 aromatic rings. The summed E-state index contributed by atoms with van der Waals surface area (Å²) in [5, 5.41) is 2.26. The molecule has 15 heavy (non-hydrogen) atoms. The quantitative estimate of drug-likeness (QED) is 0.746. The average molecular weight is 224 g/mol. The van der Waals surface area contributed by atoms with Crippen LogP contribution in [0.3, 0.4) is 0 Å². The minimum absolute atomic E-state index is 0.299. The number of oxazole rings is 1. The van der Waals surface area contributed by atoms with Gasteiger partial charge in [0.05, 0.1) is 12.8 Å². The van der Waals surface area contributed by atoms with Crippen LogP contribution in [0.1, 0.15) is 17.4 Å². The van der Waals surface area contributed by atoms with Gasteiger partial charge in [0.1, 0.15) is 0 Å². The van der Waals surface area contributed by atoms with E-state index in [0.717, 1.165) is 0 Å². The Balaban J connectivity index is 2.21. The highest BCUT2D eigenvalue weighted by atomic mass is 32.1. The molecule has 0 saturated carbocycles. The first-order valence-electron chi connectivity index (χ1n) is 4.32. The molecule has 2 rings (SSSR count). The monoisotopic (exact) mass is 224 g/mol. The van der Waals surface area contributed by atoms with Crippen molar-refractivity contribution in [3.8, 4) is 10.8 Å². The number of hydrogen-bond donors (Lipinski definition) is 0. The second-order valence-electron chi connectivity index (χ2n) is 2.62. The minimum atomic E-state index is -0.417. The van der Waals surface area contributed by atoms with Crippen molar-refractivity contribution in [2.75, 3.05) is 6.61 Å². The van der Waals surface area contributed by atoms with Gasteiger partial charge < -0.3 is 9.15 Å². The molecule has 0 saturated heterocycles. The maximum Gasteiger partial charge on any atom is 0.357 e. The summed E-state index contributed by atoms with van der Waals surface area (Å²) in [7, 11) is 0. The number of carbonyl (C=O) groups is 1. The van der Waals surface area contributed by atoms with Crippen molar-refractivity contribution < 1.29 is 13.9 Å². The number of thiazole rings is 1. The molecule has 2 aromatic heterocycles. The third-order valence-electron chi connectivity index (χ3n) is 1.63. The number of ether oxygens (including phenoxy) is 1. The Morgan fingerprint density at radius 1 is 1.67 bits per heavy atom. The van der Waals surface area contributed by atoms with Crippen LogP contribution in [0.25, 0.3) is 10.8 Å². The van der Waals surface area contributed by atoms with E-state index >= 15 is 0 Å². The molecule has 0 aromatic carbocycles. The number of nitrogens with zero attached hydrogens (tertiary/aromatic N) is 2. The largest absolute Gasteiger partial charge is 0.461 e. The Morgan fingerprint density at radius 3 is 3.20 bits per heavy atom. The Hall–Kier alpha value is -1.69. The van der Waals surface area contributed by atoms with E-state index in [0.29, 0.717) is 23.1 Å². The summed E-state index contributed by atoms with van der Waals surface area (Å²) >= 11 is 1.32. The van der Waals surface area contributed by atoms with Crippen LogP contribution in [0.15, 0.2) is 22.4 Å². The van der Waals surface area contributed by atoms with Crippen LogP contribution in [-0.4, -0.2) is 22.5 Å². The fourth-order valence-electron chi connectivity index (χ4n) is 1.01. The maximum absolute atomic E-state index is 11.3. The molecule has 0 atom stereocenters. The second-order valence-corrected chi connectivity index (χ2v) is 3.48. The summed E-state index contributed by atoms with van der Waals surface area (Å²) < 4.78 is 9.87. The van der Waals surface area contributed by atoms with Crippen LogP contribution in [0, 0.1) is 0 Å². The van der Waals surface area contributed by atoms with E-state index in [4.69, 9.17) is 9.15 Å². The summed E-state index contributed by atoms with van der Waals surface area (Å²) in [6.07, 6.45) is 2.87. The van der Waals surface area contributed by atoms with E-state index in [2.05, 4.69) is 9.97 Å². The highest BCUT2D eigenvalue weighted by molar-refractivity contribution is 7.13. The standard InChI is InChI=1S/C9H8N2O3S/c1-2-13-9(12)6-4-15-8(11-6)7-3-10-5-14-7/h3-5H,2H2,1H3. The minimum Gasteiger partial charge on any atom is -0.461 e. The number of rotatable bonds is 3. The lowest BCUT2D eigenvalue weighted by Crippen LogP contribution is -2.04. The smallest absolute Gasteiger partial charge is 0.357 e. The molecule has 0 aliphatic heterocycles. The molecule has 0 bridgehead atoms. The van der Waals surface area contributed by atoms with Crippen molar-refractivity contribution in [2.24, 2.45) is 0 Å². The van der Waals surface area contributed by atoms with Crippen molar-refractivity contribution in [3.05, 3.63) is 23.7 Å². The highest BCUT2D eigenvalue weighted by Gasteiger charge is 2.13. The van der Waals surface area contributed by atoms with Gasteiger partial charge in [0, 0.05) is 5.38 Å². The number of aromatic nitrogens is 2. The first-order valence-corrected chi connectivity index (χ1v) is 5.20. The van der Waals surface area contributed by atoms with Crippen LogP contribution < -0.4 is 0 Å². The number of esters is 1. The molecule has 0 spiro atoms. The summed E-state index contributed by atoms with van der Waals surface area (Å²) in [6.45, 7) is 2.09. The normalized spacial score (nSPS) is 10.2. The van der Waals surface area contributed by atoms with E-state index in [-0.39, 0.29) is 0 Å². The highest BCUT2D eigenvalue weighted by Crippen LogP contribution is 2.23. The van der Waals surface area contributed by atoms with Gasteiger partial charge in [-0.1, -0.05) is 0 Å². The van der Waals surface area contributed by atoms with Gasteiger partial charge in [-0.05, 0) is 6.92 Å². The fraction of sp³-hybridized carbons (Fsp3) is 0.222. The molecule has 0 N–H and O–H groups in total. The lowest BCUT2D eigenvalue weighted by Gasteiger charge is -1.95. The first-order chi connectivity index (χ1) is 7.31. The topological polar surface area (TPSA) is 65.2 Å². The van der Waals surface area contributed by atoms with Crippen LogP contribution >= 0.6 is 11.3 Å². The summed E-state index contributed by atoms with van der Waals surface area (Å²) in [5.41, 5.74) is 0.299. The van der Waals surface area contributed by atoms with E-state index in [1.54, 1.807) is 18.5 Å². The molecule has 6 heteroatoms. The van der Waals surface area contributed by atoms with Crippen molar-refractivity contribution >= 4 is 17.3 Å². The fourth-order valence-corrected chi connectivity index (χ4v) is 1.75. The van der Waals surface area contributed by atoms with E-state index in [1.165, 1.54) is 17.7 Å². The Labute approximate surface area is 89.7 Å². The zero-order chi connectivity index (χ0) is 10.7. The summed E-state index contributed by atoms with van der Waals surface area (Å²) in [4.78, 5) is 19.2. The Kier molecular flexibility index (Phi) is 2.77. The lowest BCUT2D eigenvalue weighted by atomic mass is 10.5. The van der Waals surface area contributed by atoms with E-state index < -0.39 is 5.97 Å². The van der Waals surface area contributed by atoms with E-state index in [1.807, 2.05) is 0 Å². The molecule has 0 aliphatic carbocycles. The van der Waals surface area contributed by atoms with Crippen molar-refractivity contribution in [1.29, 1.82) is 0 Å². The van der Waals surface area contributed by atoms with Gasteiger partial charge in [0.25, 0.3) is 0 Å². The van der Waals surface area contributed by atoms with Crippen LogP contribution in [-0.2, 0) is 4.74 Å². The molecule has 0 fully saturated rings. The van der Waals surface area contributed by atoms with Gasteiger partial charge in [-0.25, -0.2) is 14.8 Å².